The predicted octanol–water partition coefficient (Wildman–Crippen LogP) is 0.144. The van der Waals surface area contributed by atoms with Crippen LogP contribution >= 0.6 is 0 Å². The summed E-state index contributed by atoms with van der Waals surface area (Å²) in [5, 5.41) is 7.27. The highest BCUT2D eigenvalue weighted by Crippen LogP contribution is 2.41. The summed E-state index contributed by atoms with van der Waals surface area (Å²) in [4.78, 5) is 14.4. The van der Waals surface area contributed by atoms with Gasteiger partial charge in [0.15, 0.2) is 0 Å². The highest BCUT2D eigenvalue weighted by molar-refractivity contribution is 7.90. The van der Waals surface area contributed by atoms with Crippen molar-refractivity contribution < 1.29 is 13.2 Å². The fourth-order valence-corrected chi connectivity index (χ4v) is 4.06. The van der Waals surface area contributed by atoms with Crippen molar-refractivity contribution in [1.29, 1.82) is 0 Å². The number of sulfone groups is 1. The van der Waals surface area contributed by atoms with E-state index in [-0.39, 0.29) is 17.7 Å². The maximum Gasteiger partial charge on any atom is 0.222 e. The minimum absolute atomic E-state index is 0.0473. The molecule has 1 saturated heterocycles. The standard InChI is InChI=1S/C16H26N4O3S/c1-24(22,23)10-9-19-11-14(13-3-4-13)15(12-19)18-16(21)5-8-20-7-2-6-17-20/h2,6-7,13-15H,3-5,8-12H2,1H3,(H,18,21)/t14-,15+/m1/s1. The molecule has 0 bridgehead atoms. The smallest absolute Gasteiger partial charge is 0.222 e. The summed E-state index contributed by atoms with van der Waals surface area (Å²) in [6, 6.07) is 1.99. The van der Waals surface area contributed by atoms with Crippen molar-refractivity contribution in [2.75, 3.05) is 31.6 Å². The third kappa shape index (κ3) is 5.04. The van der Waals surface area contributed by atoms with E-state index in [9.17, 15) is 13.2 Å². The summed E-state index contributed by atoms with van der Waals surface area (Å²) < 4.78 is 24.5. The van der Waals surface area contributed by atoms with Gasteiger partial charge in [-0.2, -0.15) is 5.10 Å². The van der Waals surface area contributed by atoms with Gasteiger partial charge in [0.2, 0.25) is 5.91 Å². The lowest BCUT2D eigenvalue weighted by Crippen LogP contribution is -2.41. The quantitative estimate of drug-likeness (QED) is 0.718. The molecule has 0 spiro atoms. The molecule has 1 aliphatic carbocycles. The zero-order valence-corrected chi connectivity index (χ0v) is 14.9. The Morgan fingerprint density at radius 3 is 2.71 bits per heavy atom. The number of rotatable bonds is 8. The van der Waals surface area contributed by atoms with Gasteiger partial charge in [-0.1, -0.05) is 0 Å². The molecule has 1 aliphatic heterocycles. The molecule has 1 amide bonds. The van der Waals surface area contributed by atoms with E-state index in [0.717, 1.165) is 13.1 Å². The molecule has 1 N–H and O–H groups in total. The number of nitrogens with zero attached hydrogens (tertiary/aromatic N) is 3. The molecular formula is C16H26N4O3S. The lowest BCUT2D eigenvalue weighted by Gasteiger charge is -2.19. The number of carbonyl (C=O) groups is 1. The van der Waals surface area contributed by atoms with Gasteiger partial charge < -0.3 is 5.32 Å². The zero-order valence-electron chi connectivity index (χ0n) is 14.1. The largest absolute Gasteiger partial charge is 0.352 e. The highest BCUT2D eigenvalue weighted by Gasteiger charge is 2.42. The van der Waals surface area contributed by atoms with E-state index in [1.54, 1.807) is 10.9 Å². The van der Waals surface area contributed by atoms with E-state index < -0.39 is 9.84 Å². The van der Waals surface area contributed by atoms with Crippen molar-refractivity contribution in [3.8, 4) is 0 Å². The number of hydrogen-bond acceptors (Lipinski definition) is 5. The van der Waals surface area contributed by atoms with Gasteiger partial charge in [-0.15, -0.1) is 0 Å². The summed E-state index contributed by atoms with van der Waals surface area (Å²) in [6.45, 7) is 2.79. The topological polar surface area (TPSA) is 84.3 Å². The van der Waals surface area contributed by atoms with E-state index in [4.69, 9.17) is 0 Å². The molecule has 2 atom stereocenters. The van der Waals surface area contributed by atoms with E-state index in [1.165, 1.54) is 19.1 Å². The summed E-state index contributed by atoms with van der Waals surface area (Å²) in [5.41, 5.74) is 0. The number of nitrogens with one attached hydrogen (secondary N) is 1. The minimum Gasteiger partial charge on any atom is -0.352 e. The summed E-state index contributed by atoms with van der Waals surface area (Å²) in [7, 11) is -2.95. The Bertz CT molecular complexity index is 655. The van der Waals surface area contributed by atoms with Gasteiger partial charge in [-0.05, 0) is 30.7 Å². The van der Waals surface area contributed by atoms with Crippen LogP contribution in [0.4, 0.5) is 0 Å². The first kappa shape index (κ1) is 17.4. The molecule has 1 saturated carbocycles. The van der Waals surface area contributed by atoms with Crippen LogP contribution in [0.25, 0.3) is 0 Å². The third-order valence-corrected chi connectivity index (χ3v) is 5.84. The second-order valence-corrected chi connectivity index (χ2v) is 9.34. The molecule has 24 heavy (non-hydrogen) atoms. The molecule has 3 rings (SSSR count). The van der Waals surface area contributed by atoms with Crippen LogP contribution in [0.2, 0.25) is 0 Å². The van der Waals surface area contributed by atoms with Crippen molar-refractivity contribution in [3.05, 3.63) is 18.5 Å². The van der Waals surface area contributed by atoms with E-state index in [2.05, 4.69) is 15.3 Å². The Balaban J connectivity index is 1.49. The van der Waals surface area contributed by atoms with Crippen LogP contribution in [-0.4, -0.2) is 66.7 Å². The van der Waals surface area contributed by atoms with Crippen molar-refractivity contribution in [2.45, 2.75) is 31.8 Å². The summed E-state index contributed by atoms with van der Waals surface area (Å²) >= 11 is 0. The fourth-order valence-electron chi connectivity index (χ4n) is 3.47. The van der Waals surface area contributed by atoms with E-state index >= 15 is 0 Å². The number of amides is 1. The van der Waals surface area contributed by atoms with Crippen LogP contribution in [-0.2, 0) is 21.2 Å². The molecule has 2 heterocycles. The Hall–Kier alpha value is -1.41. The molecule has 2 aliphatic rings. The van der Waals surface area contributed by atoms with E-state index in [0.29, 0.717) is 31.3 Å². The molecule has 8 heteroatoms. The van der Waals surface area contributed by atoms with Crippen molar-refractivity contribution in [1.82, 2.24) is 20.0 Å². The maximum absolute atomic E-state index is 12.2. The average molecular weight is 354 g/mol. The van der Waals surface area contributed by atoms with Gasteiger partial charge in [0.25, 0.3) is 0 Å². The van der Waals surface area contributed by atoms with Crippen LogP contribution < -0.4 is 5.32 Å². The normalized spacial score (nSPS) is 25.0. The Morgan fingerprint density at radius 2 is 2.08 bits per heavy atom. The zero-order chi connectivity index (χ0) is 17.2. The van der Waals surface area contributed by atoms with Crippen LogP contribution in [0.15, 0.2) is 18.5 Å². The van der Waals surface area contributed by atoms with Crippen LogP contribution in [0.3, 0.4) is 0 Å². The first-order valence-electron chi connectivity index (χ1n) is 8.57. The molecule has 0 aromatic carbocycles. The molecule has 0 unspecified atom stereocenters. The summed E-state index contributed by atoms with van der Waals surface area (Å²) in [5.74, 6) is 1.37. The van der Waals surface area contributed by atoms with E-state index in [1.807, 2.05) is 12.3 Å². The molecule has 1 aromatic rings. The molecular weight excluding hydrogens is 328 g/mol. The second kappa shape index (κ2) is 7.23. The predicted molar refractivity (Wildman–Crippen MR) is 91.1 cm³/mol. The van der Waals surface area contributed by atoms with Crippen LogP contribution in [0.1, 0.15) is 19.3 Å². The number of aryl methyl sites for hydroxylation is 1. The number of carbonyl (C=O) groups excluding carboxylic acids is 1. The Labute approximate surface area is 143 Å². The number of hydrogen-bond donors (Lipinski definition) is 1. The Morgan fingerprint density at radius 1 is 1.29 bits per heavy atom. The molecule has 7 nitrogen and oxygen atoms in total. The minimum atomic E-state index is -2.95. The lowest BCUT2D eigenvalue weighted by atomic mass is 9.98. The fraction of sp³-hybridized carbons (Fsp3) is 0.750. The molecule has 0 radical (unpaired) electrons. The van der Waals surface area contributed by atoms with Crippen LogP contribution in [0.5, 0.6) is 0 Å². The van der Waals surface area contributed by atoms with Crippen molar-refractivity contribution in [3.63, 3.8) is 0 Å². The molecule has 1 aromatic heterocycles. The summed E-state index contributed by atoms with van der Waals surface area (Å²) in [6.07, 6.45) is 7.70. The first-order chi connectivity index (χ1) is 11.4. The third-order valence-electron chi connectivity index (χ3n) is 4.92. The van der Waals surface area contributed by atoms with Gasteiger partial charge in [-0.3, -0.25) is 14.4 Å². The SMILES string of the molecule is CS(=O)(=O)CCN1C[C@H](NC(=O)CCn2cccn2)[C@@H](C2CC2)C1. The molecule has 134 valence electrons. The number of likely N-dealkylation sites (tertiary alicyclic amines) is 1. The first-order valence-corrected chi connectivity index (χ1v) is 10.6. The number of aromatic nitrogens is 2. The van der Waals surface area contributed by atoms with Crippen LogP contribution in [0, 0.1) is 11.8 Å². The maximum atomic E-state index is 12.2. The monoisotopic (exact) mass is 354 g/mol. The van der Waals surface area contributed by atoms with Crippen molar-refractivity contribution in [2.24, 2.45) is 11.8 Å². The van der Waals surface area contributed by atoms with Crippen molar-refractivity contribution >= 4 is 15.7 Å². The average Bonchev–Trinajstić information content (AvgIpc) is 3.07. The van der Waals surface area contributed by atoms with Gasteiger partial charge in [0.1, 0.15) is 9.84 Å². The molecule has 2 fully saturated rings. The Kier molecular flexibility index (Phi) is 5.24. The highest BCUT2D eigenvalue weighted by atomic mass is 32.2. The second-order valence-electron chi connectivity index (χ2n) is 7.08. The van der Waals surface area contributed by atoms with Gasteiger partial charge in [0, 0.05) is 57.3 Å². The van der Waals surface area contributed by atoms with Gasteiger partial charge >= 0.3 is 0 Å². The van der Waals surface area contributed by atoms with Gasteiger partial charge in [-0.25, -0.2) is 8.42 Å². The lowest BCUT2D eigenvalue weighted by molar-refractivity contribution is -0.122. The van der Waals surface area contributed by atoms with Gasteiger partial charge in [0.05, 0.1) is 5.75 Å².